The summed E-state index contributed by atoms with van der Waals surface area (Å²) < 4.78 is 0. The van der Waals surface area contributed by atoms with Crippen LogP contribution in [0.3, 0.4) is 0 Å². The molecule has 0 aromatic carbocycles. The van der Waals surface area contributed by atoms with Crippen LogP contribution in [-0.4, -0.2) is 0 Å². The van der Waals surface area contributed by atoms with Gasteiger partial charge in [0, 0.05) is 48.1 Å². The molecule has 2 unspecified atom stereocenters. The van der Waals surface area contributed by atoms with Gasteiger partial charge in [0.25, 0.3) is 0 Å². The first-order valence-electron chi connectivity index (χ1n) is 5.75. The molecule has 3 aliphatic carbocycles. The van der Waals surface area contributed by atoms with E-state index in [4.69, 9.17) is 0 Å². The Balaban J connectivity index is 1.94. The molecular formula is C14H17+. The van der Waals surface area contributed by atoms with Gasteiger partial charge in [-0.1, -0.05) is 0 Å². The first kappa shape index (κ1) is 8.40. The molecule has 0 heterocycles. The van der Waals surface area contributed by atoms with Gasteiger partial charge in [0.05, 0.1) is 5.57 Å². The van der Waals surface area contributed by atoms with Crippen LogP contribution in [0.15, 0.2) is 34.9 Å². The maximum absolute atomic E-state index is 2.36. The molecule has 0 aromatic heterocycles. The topological polar surface area (TPSA) is 0 Å². The molecule has 0 spiro atoms. The van der Waals surface area contributed by atoms with E-state index in [0.29, 0.717) is 0 Å². The molecule has 0 aromatic rings. The van der Waals surface area contributed by atoms with E-state index in [9.17, 15) is 0 Å². The highest BCUT2D eigenvalue weighted by molar-refractivity contribution is 5.47. The van der Waals surface area contributed by atoms with Crippen molar-refractivity contribution in [3.8, 4) is 0 Å². The second-order valence-electron chi connectivity index (χ2n) is 4.97. The average Bonchev–Trinajstić information content (AvgIpc) is 2.78. The fraction of sp³-hybridized carbons (Fsp3) is 0.500. The first-order chi connectivity index (χ1) is 6.83. The average molecular weight is 185 g/mol. The van der Waals surface area contributed by atoms with Gasteiger partial charge < -0.3 is 0 Å². The lowest BCUT2D eigenvalue weighted by atomic mass is 9.87. The standard InChI is InChI=1S/C14H17/c1-10-3-2-4-12(7-10)14-9-11-5-6-13(14)8-11/h2-4,7,11,13H,5-6,8-9H2,1H3/q+1/b14-12+. The Morgan fingerprint density at radius 3 is 2.93 bits per heavy atom. The molecule has 0 N–H and O–H groups in total. The van der Waals surface area contributed by atoms with Crippen LogP contribution >= 0.6 is 0 Å². The Morgan fingerprint density at radius 2 is 2.29 bits per heavy atom. The van der Waals surface area contributed by atoms with E-state index >= 15 is 0 Å². The van der Waals surface area contributed by atoms with Gasteiger partial charge in [-0.05, 0) is 32.1 Å². The van der Waals surface area contributed by atoms with E-state index in [1.165, 1.54) is 36.8 Å². The van der Waals surface area contributed by atoms with E-state index in [1.54, 1.807) is 5.57 Å². The molecule has 0 amide bonds. The van der Waals surface area contributed by atoms with E-state index < -0.39 is 0 Å². The molecule has 3 aliphatic rings. The number of hydrogen-bond acceptors (Lipinski definition) is 0. The van der Waals surface area contributed by atoms with Crippen molar-refractivity contribution < 1.29 is 0 Å². The lowest BCUT2D eigenvalue weighted by Crippen LogP contribution is -2.02. The molecule has 0 heteroatoms. The summed E-state index contributed by atoms with van der Waals surface area (Å²) in [7, 11) is 0. The van der Waals surface area contributed by atoms with Crippen LogP contribution < -0.4 is 0 Å². The Morgan fingerprint density at radius 1 is 1.36 bits per heavy atom. The van der Waals surface area contributed by atoms with Crippen LogP contribution in [0, 0.1) is 18.3 Å². The lowest BCUT2D eigenvalue weighted by Gasteiger charge is -2.12. The Hall–Kier alpha value is -0.910. The molecule has 2 fully saturated rings. The van der Waals surface area contributed by atoms with Crippen molar-refractivity contribution in [2.45, 2.75) is 32.6 Å². The third-order valence-corrected chi connectivity index (χ3v) is 3.93. The van der Waals surface area contributed by atoms with E-state index in [2.05, 4.69) is 31.6 Å². The minimum atomic E-state index is 0.932. The second kappa shape index (κ2) is 3.05. The molecule has 0 radical (unpaired) electrons. The number of hydrogen-bond donors (Lipinski definition) is 0. The Bertz CT molecular complexity index is 341. The van der Waals surface area contributed by atoms with Gasteiger partial charge in [0.1, 0.15) is 0 Å². The number of rotatable bonds is 0. The minimum absolute atomic E-state index is 0.932. The maximum Gasteiger partial charge on any atom is 0.0953 e. The van der Waals surface area contributed by atoms with Gasteiger partial charge in [0.15, 0.2) is 0 Å². The molecule has 2 bridgehead atoms. The van der Waals surface area contributed by atoms with Crippen molar-refractivity contribution in [3.05, 3.63) is 41.4 Å². The maximum atomic E-state index is 2.36. The molecule has 3 rings (SSSR count). The molecule has 14 heavy (non-hydrogen) atoms. The number of allylic oxidation sites excluding steroid dienone is 6. The summed E-state index contributed by atoms with van der Waals surface area (Å²) >= 11 is 0. The largest absolute Gasteiger partial charge is 0.0953 e. The zero-order chi connectivity index (χ0) is 9.54. The van der Waals surface area contributed by atoms with Crippen molar-refractivity contribution in [3.63, 3.8) is 0 Å². The molecule has 0 nitrogen and oxygen atoms in total. The second-order valence-corrected chi connectivity index (χ2v) is 4.97. The van der Waals surface area contributed by atoms with E-state index in [0.717, 1.165) is 11.8 Å². The van der Waals surface area contributed by atoms with Crippen molar-refractivity contribution in [2.24, 2.45) is 11.8 Å². The minimum Gasteiger partial charge on any atom is -0.0479 e. The monoisotopic (exact) mass is 185 g/mol. The van der Waals surface area contributed by atoms with Crippen molar-refractivity contribution >= 4 is 0 Å². The third-order valence-electron chi connectivity index (χ3n) is 3.93. The normalized spacial score (nSPS) is 39.9. The highest BCUT2D eigenvalue weighted by Crippen LogP contribution is 2.49. The summed E-state index contributed by atoms with van der Waals surface area (Å²) in [5.41, 5.74) is 4.68. The quantitative estimate of drug-likeness (QED) is 0.503. The molecular weight excluding hydrogens is 168 g/mol. The van der Waals surface area contributed by atoms with Crippen molar-refractivity contribution in [1.82, 2.24) is 0 Å². The lowest BCUT2D eigenvalue weighted by molar-refractivity contribution is 0.559. The highest BCUT2D eigenvalue weighted by atomic mass is 14.4. The fourth-order valence-electron chi connectivity index (χ4n) is 3.25. The summed E-state index contributed by atoms with van der Waals surface area (Å²) in [6.45, 7) is 2.19. The Kier molecular flexibility index (Phi) is 1.83. The number of fused-ring (bicyclic) bond motifs is 2. The predicted octanol–water partition coefficient (Wildman–Crippen LogP) is 3.82. The SMILES string of the molecule is CC1=C/C(=C2\CC3CCC2C3)[CH+]C=C1. The molecule has 2 atom stereocenters. The van der Waals surface area contributed by atoms with Gasteiger partial charge in [-0.3, -0.25) is 0 Å². The molecule has 0 aliphatic heterocycles. The first-order valence-corrected chi connectivity index (χ1v) is 5.75. The Labute approximate surface area is 86.4 Å². The van der Waals surface area contributed by atoms with Gasteiger partial charge in [-0.15, -0.1) is 0 Å². The molecule has 72 valence electrons. The van der Waals surface area contributed by atoms with E-state index in [-0.39, 0.29) is 0 Å². The molecule has 0 saturated heterocycles. The summed E-state index contributed by atoms with van der Waals surface area (Å²) in [5, 5.41) is 0. The third kappa shape index (κ3) is 1.25. The van der Waals surface area contributed by atoms with Crippen LogP contribution in [0.25, 0.3) is 0 Å². The van der Waals surface area contributed by atoms with Crippen LogP contribution in [-0.2, 0) is 0 Å². The van der Waals surface area contributed by atoms with Crippen LogP contribution in [0.2, 0.25) is 0 Å². The summed E-state index contributed by atoms with van der Waals surface area (Å²) in [6.07, 6.45) is 14.8. The molecule has 2 saturated carbocycles. The zero-order valence-electron chi connectivity index (χ0n) is 8.79. The summed E-state index contributed by atoms with van der Waals surface area (Å²) in [5.74, 6) is 1.96. The van der Waals surface area contributed by atoms with Gasteiger partial charge >= 0.3 is 0 Å². The summed E-state index contributed by atoms with van der Waals surface area (Å²) in [6, 6.07) is 0. The summed E-state index contributed by atoms with van der Waals surface area (Å²) in [4.78, 5) is 0. The van der Waals surface area contributed by atoms with Crippen LogP contribution in [0.4, 0.5) is 0 Å². The van der Waals surface area contributed by atoms with Crippen LogP contribution in [0.1, 0.15) is 32.6 Å². The van der Waals surface area contributed by atoms with Crippen molar-refractivity contribution in [1.29, 1.82) is 0 Å². The van der Waals surface area contributed by atoms with Gasteiger partial charge in [0.2, 0.25) is 0 Å². The van der Waals surface area contributed by atoms with Gasteiger partial charge in [-0.2, -0.15) is 0 Å². The van der Waals surface area contributed by atoms with Gasteiger partial charge in [-0.25, -0.2) is 0 Å². The van der Waals surface area contributed by atoms with Crippen molar-refractivity contribution in [2.75, 3.05) is 0 Å². The highest BCUT2D eigenvalue weighted by Gasteiger charge is 2.39. The van der Waals surface area contributed by atoms with Crippen LogP contribution in [0.5, 0.6) is 0 Å². The fourth-order valence-corrected chi connectivity index (χ4v) is 3.25. The van der Waals surface area contributed by atoms with E-state index in [1.807, 2.05) is 0 Å². The smallest absolute Gasteiger partial charge is 0.0479 e. The predicted molar refractivity (Wildman–Crippen MR) is 59.7 cm³/mol. The zero-order valence-corrected chi connectivity index (χ0v) is 8.79.